The predicted molar refractivity (Wildman–Crippen MR) is 56.9 cm³/mol. The highest BCUT2D eigenvalue weighted by Crippen LogP contribution is 2.08. The number of rotatable bonds is 2. The summed E-state index contributed by atoms with van der Waals surface area (Å²) in [5, 5.41) is 2.58. The molecule has 0 saturated heterocycles. The number of hydrogen-bond donors (Lipinski definition) is 1. The zero-order chi connectivity index (χ0) is 11.3. The fourth-order valence-corrected chi connectivity index (χ4v) is 0.961. The van der Waals surface area contributed by atoms with Gasteiger partial charge in [-0.05, 0) is 24.3 Å². The highest BCUT2D eigenvalue weighted by atomic mass is 19.1. The lowest BCUT2D eigenvalue weighted by atomic mass is 10.3. The molecule has 0 spiro atoms. The number of carbonyl (C=O) groups is 1. The molecule has 0 aliphatic heterocycles. The summed E-state index contributed by atoms with van der Waals surface area (Å²) in [6, 6.07) is 5.20. The van der Waals surface area contributed by atoms with Gasteiger partial charge in [0.1, 0.15) is 5.82 Å². The lowest BCUT2D eigenvalue weighted by molar-refractivity contribution is 0.227. The topological polar surface area (TPSA) is 32.3 Å². The van der Waals surface area contributed by atoms with E-state index in [4.69, 9.17) is 6.42 Å². The van der Waals surface area contributed by atoms with Crippen molar-refractivity contribution in [2.24, 2.45) is 0 Å². The SMILES string of the molecule is C#CCN(C)C(=O)Nc1ccc(F)cc1. The maximum Gasteiger partial charge on any atom is 0.322 e. The van der Waals surface area contributed by atoms with E-state index in [0.717, 1.165) is 0 Å². The molecule has 3 nitrogen and oxygen atoms in total. The van der Waals surface area contributed by atoms with Gasteiger partial charge in [0, 0.05) is 12.7 Å². The van der Waals surface area contributed by atoms with E-state index in [1.54, 1.807) is 7.05 Å². The predicted octanol–water partition coefficient (Wildman–Crippen LogP) is 1.92. The van der Waals surface area contributed by atoms with Gasteiger partial charge in [0.15, 0.2) is 0 Å². The number of nitrogens with zero attached hydrogens (tertiary/aromatic N) is 1. The number of amides is 2. The Bertz CT molecular complexity index is 381. The molecule has 0 aliphatic carbocycles. The van der Waals surface area contributed by atoms with Crippen molar-refractivity contribution in [1.29, 1.82) is 0 Å². The summed E-state index contributed by atoms with van der Waals surface area (Å²) in [6.07, 6.45) is 5.06. The van der Waals surface area contributed by atoms with Crippen LogP contribution in [0.3, 0.4) is 0 Å². The molecule has 4 heteroatoms. The Morgan fingerprint density at radius 2 is 2.13 bits per heavy atom. The first-order valence-corrected chi connectivity index (χ1v) is 4.34. The number of anilines is 1. The number of nitrogens with one attached hydrogen (secondary N) is 1. The summed E-state index contributed by atoms with van der Waals surface area (Å²) in [6.45, 7) is 0.229. The second-order valence-electron chi connectivity index (χ2n) is 3.00. The summed E-state index contributed by atoms with van der Waals surface area (Å²) < 4.78 is 12.6. The summed E-state index contributed by atoms with van der Waals surface area (Å²) in [7, 11) is 1.58. The highest BCUT2D eigenvalue weighted by Gasteiger charge is 2.06. The maximum atomic E-state index is 12.6. The van der Waals surface area contributed by atoms with Crippen molar-refractivity contribution in [3.8, 4) is 12.3 Å². The molecule has 1 rings (SSSR count). The van der Waals surface area contributed by atoms with Crippen molar-refractivity contribution < 1.29 is 9.18 Å². The quantitative estimate of drug-likeness (QED) is 0.737. The Morgan fingerprint density at radius 1 is 1.53 bits per heavy atom. The third-order valence-corrected chi connectivity index (χ3v) is 1.77. The van der Waals surface area contributed by atoms with Gasteiger partial charge >= 0.3 is 6.03 Å². The van der Waals surface area contributed by atoms with Gasteiger partial charge in [-0.2, -0.15) is 0 Å². The fourth-order valence-electron chi connectivity index (χ4n) is 0.961. The second-order valence-corrected chi connectivity index (χ2v) is 3.00. The molecule has 0 heterocycles. The van der Waals surface area contributed by atoms with E-state index in [1.165, 1.54) is 29.2 Å². The van der Waals surface area contributed by atoms with Gasteiger partial charge in [0.2, 0.25) is 0 Å². The number of carbonyl (C=O) groups excluding carboxylic acids is 1. The zero-order valence-corrected chi connectivity index (χ0v) is 8.33. The number of urea groups is 1. The summed E-state index contributed by atoms with van der Waals surface area (Å²) >= 11 is 0. The molecule has 0 saturated carbocycles. The van der Waals surface area contributed by atoms with E-state index in [-0.39, 0.29) is 18.4 Å². The van der Waals surface area contributed by atoms with Crippen molar-refractivity contribution >= 4 is 11.7 Å². The summed E-state index contributed by atoms with van der Waals surface area (Å²) in [5.74, 6) is 2.01. The molecule has 0 aliphatic rings. The monoisotopic (exact) mass is 206 g/mol. The average Bonchev–Trinajstić information content (AvgIpc) is 2.22. The molecular weight excluding hydrogens is 195 g/mol. The Labute approximate surface area is 87.9 Å². The van der Waals surface area contributed by atoms with E-state index >= 15 is 0 Å². The lowest BCUT2D eigenvalue weighted by Gasteiger charge is -2.14. The van der Waals surface area contributed by atoms with Gasteiger partial charge in [-0.3, -0.25) is 0 Å². The molecule has 0 radical (unpaired) electrons. The lowest BCUT2D eigenvalue weighted by Crippen LogP contribution is -2.31. The van der Waals surface area contributed by atoms with Crippen LogP contribution in [0.1, 0.15) is 0 Å². The molecule has 0 bridgehead atoms. The third-order valence-electron chi connectivity index (χ3n) is 1.77. The van der Waals surface area contributed by atoms with E-state index < -0.39 is 0 Å². The number of terminal acetylenes is 1. The summed E-state index contributed by atoms with van der Waals surface area (Å²) in [4.78, 5) is 12.8. The smallest absolute Gasteiger partial charge is 0.316 e. The van der Waals surface area contributed by atoms with Gasteiger partial charge in [-0.1, -0.05) is 5.92 Å². The largest absolute Gasteiger partial charge is 0.322 e. The van der Waals surface area contributed by atoms with Crippen molar-refractivity contribution in [2.45, 2.75) is 0 Å². The Kier molecular flexibility index (Phi) is 3.69. The molecule has 15 heavy (non-hydrogen) atoms. The van der Waals surface area contributed by atoms with Crippen LogP contribution < -0.4 is 5.32 Å². The molecule has 0 unspecified atom stereocenters. The van der Waals surface area contributed by atoms with Crippen molar-refractivity contribution in [2.75, 3.05) is 18.9 Å². The maximum absolute atomic E-state index is 12.6. The third kappa shape index (κ3) is 3.31. The number of hydrogen-bond acceptors (Lipinski definition) is 1. The Morgan fingerprint density at radius 3 is 2.67 bits per heavy atom. The van der Waals surface area contributed by atoms with Gasteiger partial charge in [-0.15, -0.1) is 6.42 Å². The van der Waals surface area contributed by atoms with Gasteiger partial charge in [0.25, 0.3) is 0 Å². The first kappa shape index (κ1) is 11.1. The van der Waals surface area contributed by atoms with Gasteiger partial charge in [0.05, 0.1) is 6.54 Å². The number of benzene rings is 1. The zero-order valence-electron chi connectivity index (χ0n) is 8.33. The van der Waals surface area contributed by atoms with Crippen molar-refractivity contribution in [3.63, 3.8) is 0 Å². The molecule has 78 valence electrons. The van der Waals surface area contributed by atoms with Gasteiger partial charge < -0.3 is 10.2 Å². The minimum atomic E-state index is -0.343. The van der Waals surface area contributed by atoms with Crippen molar-refractivity contribution in [3.05, 3.63) is 30.1 Å². The highest BCUT2D eigenvalue weighted by molar-refractivity contribution is 5.89. The van der Waals surface area contributed by atoms with E-state index in [1.807, 2.05) is 0 Å². The second kappa shape index (κ2) is 5.01. The molecule has 1 aromatic carbocycles. The normalized spacial score (nSPS) is 9.13. The molecule has 0 fully saturated rings. The average molecular weight is 206 g/mol. The molecule has 1 N–H and O–H groups in total. The van der Waals surface area contributed by atoms with Crippen LogP contribution in [0.2, 0.25) is 0 Å². The van der Waals surface area contributed by atoms with Crippen LogP contribution in [-0.2, 0) is 0 Å². The molecular formula is C11H11FN2O. The Balaban J connectivity index is 2.59. The first-order chi connectivity index (χ1) is 7.13. The molecule has 2 amide bonds. The minimum Gasteiger partial charge on any atom is -0.316 e. The van der Waals surface area contributed by atoms with Crippen LogP contribution in [0.25, 0.3) is 0 Å². The van der Waals surface area contributed by atoms with Crippen LogP contribution in [0.5, 0.6) is 0 Å². The number of halogens is 1. The van der Waals surface area contributed by atoms with Crippen LogP contribution in [0.4, 0.5) is 14.9 Å². The van der Waals surface area contributed by atoms with E-state index in [2.05, 4.69) is 11.2 Å². The van der Waals surface area contributed by atoms with Crippen LogP contribution in [-0.4, -0.2) is 24.5 Å². The van der Waals surface area contributed by atoms with E-state index in [9.17, 15) is 9.18 Å². The molecule has 0 atom stereocenters. The van der Waals surface area contributed by atoms with E-state index in [0.29, 0.717) is 5.69 Å². The fraction of sp³-hybridized carbons (Fsp3) is 0.182. The first-order valence-electron chi connectivity index (χ1n) is 4.34. The van der Waals surface area contributed by atoms with Crippen LogP contribution in [0.15, 0.2) is 24.3 Å². The summed E-state index contributed by atoms with van der Waals surface area (Å²) in [5.41, 5.74) is 0.533. The molecule has 1 aromatic rings. The van der Waals surface area contributed by atoms with Crippen LogP contribution in [0, 0.1) is 18.2 Å². The minimum absolute atomic E-state index is 0.229. The van der Waals surface area contributed by atoms with Crippen molar-refractivity contribution in [1.82, 2.24) is 4.90 Å². The Hall–Kier alpha value is -2.02. The van der Waals surface area contributed by atoms with Crippen LogP contribution >= 0.6 is 0 Å². The molecule has 0 aromatic heterocycles. The van der Waals surface area contributed by atoms with Gasteiger partial charge in [-0.25, -0.2) is 9.18 Å². The standard InChI is InChI=1S/C11H11FN2O/c1-3-8-14(2)11(15)13-10-6-4-9(12)5-7-10/h1,4-7H,8H2,2H3,(H,13,15).